The highest BCUT2D eigenvalue weighted by Crippen LogP contribution is 2.18. The molecule has 24 heavy (non-hydrogen) atoms. The summed E-state index contributed by atoms with van der Waals surface area (Å²) >= 11 is 0. The Morgan fingerprint density at radius 3 is 2.67 bits per heavy atom. The number of amides is 1. The Hall–Kier alpha value is -2.93. The van der Waals surface area contributed by atoms with E-state index in [4.69, 9.17) is 11.2 Å². The Kier molecular flexibility index (Phi) is 6.27. The fourth-order valence-electron chi connectivity index (χ4n) is 2.29. The molecule has 0 saturated heterocycles. The van der Waals surface area contributed by atoms with Gasteiger partial charge in [0.2, 0.25) is 0 Å². The third-order valence-electron chi connectivity index (χ3n) is 3.54. The topological polar surface area (TPSA) is 41.6 Å². The largest absolute Gasteiger partial charge is 0.484 e. The van der Waals surface area contributed by atoms with Crippen molar-refractivity contribution in [3.63, 3.8) is 0 Å². The number of nitrogens with zero attached hydrogens (tertiary/aromatic N) is 1. The number of nitrogens with one attached hydrogen (secondary N) is 1. The molecule has 0 bridgehead atoms. The van der Waals surface area contributed by atoms with Crippen LogP contribution in [0.2, 0.25) is 0 Å². The van der Waals surface area contributed by atoms with Crippen molar-refractivity contribution >= 4 is 11.6 Å². The van der Waals surface area contributed by atoms with Gasteiger partial charge in [0.25, 0.3) is 5.91 Å². The number of hydrogen-bond acceptors (Lipinski definition) is 3. The molecule has 0 radical (unpaired) electrons. The van der Waals surface area contributed by atoms with Gasteiger partial charge in [0, 0.05) is 31.4 Å². The first-order valence-electron chi connectivity index (χ1n) is 7.88. The molecule has 0 heterocycles. The van der Waals surface area contributed by atoms with Gasteiger partial charge >= 0.3 is 0 Å². The van der Waals surface area contributed by atoms with Crippen molar-refractivity contribution < 1.29 is 9.53 Å². The highest BCUT2D eigenvalue weighted by Gasteiger charge is 2.04. The number of ether oxygens (including phenoxy) is 1. The van der Waals surface area contributed by atoms with E-state index < -0.39 is 0 Å². The van der Waals surface area contributed by atoms with Crippen LogP contribution in [-0.4, -0.2) is 26.1 Å². The van der Waals surface area contributed by atoms with Gasteiger partial charge in [-0.1, -0.05) is 24.1 Å². The fraction of sp³-hybridized carbons (Fsp3) is 0.250. The molecule has 0 aliphatic rings. The van der Waals surface area contributed by atoms with Crippen LogP contribution in [0.25, 0.3) is 0 Å². The maximum atomic E-state index is 11.4. The van der Waals surface area contributed by atoms with Crippen LogP contribution in [-0.2, 0) is 11.3 Å². The van der Waals surface area contributed by atoms with Gasteiger partial charge in [-0.15, -0.1) is 6.42 Å². The van der Waals surface area contributed by atoms with Crippen molar-refractivity contribution in [2.24, 2.45) is 0 Å². The van der Waals surface area contributed by atoms with Gasteiger partial charge in [0.05, 0.1) is 0 Å². The van der Waals surface area contributed by atoms with Crippen LogP contribution in [0.15, 0.2) is 48.5 Å². The molecule has 0 aromatic heterocycles. The molecule has 1 amide bonds. The molecule has 2 aromatic rings. The molecule has 2 rings (SSSR count). The molecule has 2 aromatic carbocycles. The normalized spacial score (nSPS) is 9.88. The molecule has 1 N–H and O–H groups in total. The quantitative estimate of drug-likeness (QED) is 0.797. The first-order chi connectivity index (χ1) is 11.6. The molecule has 124 valence electrons. The number of benzene rings is 2. The summed E-state index contributed by atoms with van der Waals surface area (Å²) in [6.07, 6.45) is 5.45. The molecule has 0 saturated carbocycles. The van der Waals surface area contributed by atoms with Crippen LogP contribution in [0.4, 0.5) is 5.69 Å². The third kappa shape index (κ3) is 5.06. The van der Waals surface area contributed by atoms with E-state index in [9.17, 15) is 4.79 Å². The second-order valence-corrected chi connectivity index (χ2v) is 5.44. The van der Waals surface area contributed by atoms with Crippen molar-refractivity contribution in [2.45, 2.75) is 13.5 Å². The van der Waals surface area contributed by atoms with Crippen molar-refractivity contribution in [3.05, 3.63) is 59.7 Å². The molecule has 0 spiro atoms. The molecule has 0 unspecified atom stereocenters. The summed E-state index contributed by atoms with van der Waals surface area (Å²) in [4.78, 5) is 13.5. The van der Waals surface area contributed by atoms with Gasteiger partial charge in [-0.3, -0.25) is 4.79 Å². The number of rotatable bonds is 7. The molecule has 4 heteroatoms. The summed E-state index contributed by atoms with van der Waals surface area (Å²) in [6, 6.07) is 15.6. The number of hydrogen-bond donors (Lipinski definition) is 1. The Bertz CT molecular complexity index is 717. The Labute approximate surface area is 143 Å². The van der Waals surface area contributed by atoms with E-state index in [0.717, 1.165) is 23.4 Å². The Morgan fingerprint density at radius 2 is 2.00 bits per heavy atom. The van der Waals surface area contributed by atoms with E-state index >= 15 is 0 Å². The van der Waals surface area contributed by atoms with Gasteiger partial charge < -0.3 is 15.0 Å². The third-order valence-corrected chi connectivity index (χ3v) is 3.54. The first kappa shape index (κ1) is 17.4. The molecule has 0 aliphatic heterocycles. The van der Waals surface area contributed by atoms with E-state index in [1.165, 1.54) is 0 Å². The minimum Gasteiger partial charge on any atom is -0.484 e. The molecule has 0 aliphatic carbocycles. The SMILES string of the molecule is C#Cc1cccc(N(C)Cc2ccc(OCC(=O)NCC)cc2)c1. The van der Waals surface area contributed by atoms with E-state index in [-0.39, 0.29) is 12.5 Å². The average Bonchev–Trinajstić information content (AvgIpc) is 2.61. The number of carbonyl (C=O) groups is 1. The summed E-state index contributed by atoms with van der Waals surface area (Å²) in [5.74, 6) is 3.22. The lowest BCUT2D eigenvalue weighted by molar-refractivity contribution is -0.122. The predicted molar refractivity (Wildman–Crippen MR) is 97.1 cm³/mol. The van der Waals surface area contributed by atoms with E-state index in [1.807, 2.05) is 62.5 Å². The fourth-order valence-corrected chi connectivity index (χ4v) is 2.29. The van der Waals surface area contributed by atoms with Crippen molar-refractivity contribution in [1.29, 1.82) is 0 Å². The Balaban J connectivity index is 1.93. The number of terminal acetylenes is 1. The Morgan fingerprint density at radius 1 is 1.25 bits per heavy atom. The summed E-state index contributed by atoms with van der Waals surface area (Å²) in [7, 11) is 2.02. The van der Waals surface area contributed by atoms with Crippen LogP contribution < -0.4 is 15.0 Å². The van der Waals surface area contributed by atoms with E-state index in [1.54, 1.807) is 0 Å². The summed E-state index contributed by atoms with van der Waals surface area (Å²) in [6.45, 7) is 3.27. The van der Waals surface area contributed by atoms with Gasteiger partial charge in [0.15, 0.2) is 6.61 Å². The van der Waals surface area contributed by atoms with Crippen LogP contribution in [0, 0.1) is 12.3 Å². The average molecular weight is 322 g/mol. The summed E-state index contributed by atoms with van der Waals surface area (Å²) in [5, 5.41) is 2.70. The summed E-state index contributed by atoms with van der Waals surface area (Å²) in [5.41, 5.74) is 3.09. The number of carbonyl (C=O) groups excluding carboxylic acids is 1. The smallest absolute Gasteiger partial charge is 0.257 e. The van der Waals surface area contributed by atoms with E-state index in [0.29, 0.717) is 12.3 Å². The molecule has 0 atom stereocenters. The molecule has 0 fully saturated rings. The number of likely N-dealkylation sites (N-methyl/N-ethyl adjacent to an activating group) is 1. The second kappa shape index (κ2) is 8.64. The highest BCUT2D eigenvalue weighted by atomic mass is 16.5. The minimum atomic E-state index is -0.116. The van der Waals surface area contributed by atoms with Crippen LogP contribution in [0.1, 0.15) is 18.1 Å². The zero-order valence-corrected chi connectivity index (χ0v) is 14.1. The second-order valence-electron chi connectivity index (χ2n) is 5.44. The maximum absolute atomic E-state index is 11.4. The molecule has 4 nitrogen and oxygen atoms in total. The van der Waals surface area contributed by atoms with Crippen LogP contribution in [0.3, 0.4) is 0 Å². The first-order valence-corrected chi connectivity index (χ1v) is 7.88. The maximum Gasteiger partial charge on any atom is 0.257 e. The lowest BCUT2D eigenvalue weighted by atomic mass is 10.1. The van der Waals surface area contributed by atoms with Crippen molar-refractivity contribution in [1.82, 2.24) is 5.32 Å². The lowest BCUT2D eigenvalue weighted by Crippen LogP contribution is -2.28. The van der Waals surface area contributed by atoms with E-state index in [2.05, 4.69) is 16.1 Å². The zero-order chi connectivity index (χ0) is 17.4. The highest BCUT2D eigenvalue weighted by molar-refractivity contribution is 5.77. The predicted octanol–water partition coefficient (Wildman–Crippen LogP) is 2.82. The van der Waals surface area contributed by atoms with Crippen molar-refractivity contribution in [3.8, 4) is 18.1 Å². The van der Waals surface area contributed by atoms with Gasteiger partial charge in [-0.2, -0.15) is 0 Å². The van der Waals surface area contributed by atoms with Gasteiger partial charge in [-0.25, -0.2) is 0 Å². The van der Waals surface area contributed by atoms with Crippen LogP contribution in [0.5, 0.6) is 5.75 Å². The van der Waals surface area contributed by atoms with Gasteiger partial charge in [0.1, 0.15) is 5.75 Å². The summed E-state index contributed by atoms with van der Waals surface area (Å²) < 4.78 is 5.45. The molecular formula is C20H22N2O2. The monoisotopic (exact) mass is 322 g/mol. The van der Waals surface area contributed by atoms with Gasteiger partial charge in [-0.05, 0) is 42.8 Å². The number of anilines is 1. The zero-order valence-electron chi connectivity index (χ0n) is 14.1. The van der Waals surface area contributed by atoms with Crippen molar-refractivity contribution in [2.75, 3.05) is 25.1 Å². The standard InChI is InChI=1S/C20H22N2O2/c1-4-16-7-6-8-18(13-16)22(3)14-17-9-11-19(12-10-17)24-15-20(23)21-5-2/h1,6-13H,5,14-15H2,2-3H3,(H,21,23). The van der Waals surface area contributed by atoms with Crippen LogP contribution >= 0.6 is 0 Å². The minimum absolute atomic E-state index is 0.0337. The lowest BCUT2D eigenvalue weighted by Gasteiger charge is -2.20. The molecular weight excluding hydrogens is 300 g/mol.